The van der Waals surface area contributed by atoms with Gasteiger partial charge in [0, 0.05) is 12.6 Å². The van der Waals surface area contributed by atoms with Crippen LogP contribution in [-0.2, 0) is 14.4 Å². The largest absolute Gasteiger partial charge is 0.481 e. The highest BCUT2D eigenvalue weighted by atomic mass is 16.4. The number of aliphatic carboxylic acids is 1. The molecule has 6 nitrogen and oxygen atoms in total. The van der Waals surface area contributed by atoms with E-state index in [1.54, 1.807) is 25.8 Å². The smallest absolute Gasteiger partial charge is 0.304 e. The third kappa shape index (κ3) is 3.03. The van der Waals surface area contributed by atoms with E-state index in [0.717, 1.165) is 0 Å². The van der Waals surface area contributed by atoms with Crippen molar-refractivity contribution in [3.63, 3.8) is 0 Å². The molecule has 0 radical (unpaired) electrons. The second-order valence-corrected chi connectivity index (χ2v) is 4.54. The molecule has 1 unspecified atom stereocenters. The topological polar surface area (TPSA) is 77.9 Å². The van der Waals surface area contributed by atoms with Crippen LogP contribution in [0.15, 0.2) is 0 Å². The van der Waals surface area contributed by atoms with E-state index in [1.165, 1.54) is 4.90 Å². The zero-order chi connectivity index (χ0) is 13.2. The van der Waals surface area contributed by atoms with E-state index in [-0.39, 0.29) is 37.2 Å². The van der Waals surface area contributed by atoms with Crippen LogP contribution in [0.5, 0.6) is 0 Å². The van der Waals surface area contributed by atoms with Crippen molar-refractivity contribution in [1.82, 2.24) is 9.80 Å². The van der Waals surface area contributed by atoms with Crippen molar-refractivity contribution in [2.75, 3.05) is 13.6 Å². The van der Waals surface area contributed by atoms with Gasteiger partial charge in [-0.15, -0.1) is 0 Å². The molecule has 1 atom stereocenters. The zero-order valence-corrected chi connectivity index (χ0v) is 10.3. The van der Waals surface area contributed by atoms with Gasteiger partial charge in [0.2, 0.25) is 11.8 Å². The number of carbonyl (C=O) groups is 3. The SMILES string of the molecule is CC(C)N1C(=O)CC(N(C)CCC(=O)O)C1=O. The Morgan fingerprint density at radius 2 is 2.12 bits per heavy atom. The van der Waals surface area contributed by atoms with E-state index in [4.69, 9.17) is 5.11 Å². The molecule has 0 bridgehead atoms. The summed E-state index contributed by atoms with van der Waals surface area (Å²) in [5.41, 5.74) is 0. The first-order valence-electron chi connectivity index (χ1n) is 5.62. The summed E-state index contributed by atoms with van der Waals surface area (Å²) >= 11 is 0. The van der Waals surface area contributed by atoms with E-state index in [2.05, 4.69) is 0 Å². The maximum absolute atomic E-state index is 12.0. The van der Waals surface area contributed by atoms with E-state index in [1.807, 2.05) is 0 Å². The minimum Gasteiger partial charge on any atom is -0.481 e. The fourth-order valence-electron chi connectivity index (χ4n) is 1.95. The summed E-state index contributed by atoms with van der Waals surface area (Å²) in [4.78, 5) is 36.9. The third-order valence-electron chi connectivity index (χ3n) is 2.89. The van der Waals surface area contributed by atoms with Gasteiger partial charge < -0.3 is 5.11 Å². The number of hydrogen-bond donors (Lipinski definition) is 1. The normalized spacial score (nSPS) is 20.8. The number of imide groups is 1. The van der Waals surface area contributed by atoms with Crippen LogP contribution in [0.1, 0.15) is 26.7 Å². The Hall–Kier alpha value is -1.43. The predicted octanol–water partition coefficient (Wildman–Crippen LogP) is -0.0712. The number of carboxylic acids is 1. The predicted molar refractivity (Wildman–Crippen MR) is 60.3 cm³/mol. The molecule has 0 saturated carbocycles. The molecule has 6 heteroatoms. The van der Waals surface area contributed by atoms with Crippen LogP contribution in [0.4, 0.5) is 0 Å². The van der Waals surface area contributed by atoms with Crippen molar-refractivity contribution in [1.29, 1.82) is 0 Å². The number of carbonyl (C=O) groups excluding carboxylic acids is 2. The lowest BCUT2D eigenvalue weighted by molar-refractivity contribution is -0.142. The molecule has 1 heterocycles. The summed E-state index contributed by atoms with van der Waals surface area (Å²) < 4.78 is 0. The average molecular weight is 242 g/mol. The standard InChI is InChI=1S/C11H18N2O4/c1-7(2)13-9(14)6-8(11(13)17)12(3)5-4-10(15)16/h7-8H,4-6H2,1-3H3,(H,15,16). The highest BCUT2D eigenvalue weighted by Gasteiger charge is 2.41. The van der Waals surface area contributed by atoms with E-state index < -0.39 is 12.0 Å². The Bertz CT molecular complexity index is 340. The van der Waals surface area contributed by atoms with Crippen LogP contribution in [-0.4, -0.2) is 58.4 Å². The lowest BCUT2D eigenvalue weighted by Gasteiger charge is -2.23. The summed E-state index contributed by atoms with van der Waals surface area (Å²) in [5.74, 6) is -1.32. The molecule has 1 rings (SSSR count). The van der Waals surface area contributed by atoms with Crippen molar-refractivity contribution in [3.05, 3.63) is 0 Å². The summed E-state index contributed by atoms with van der Waals surface area (Å²) in [5, 5.41) is 8.57. The molecule has 0 spiro atoms. The van der Waals surface area contributed by atoms with Crippen LogP contribution < -0.4 is 0 Å². The quantitative estimate of drug-likeness (QED) is 0.683. The van der Waals surface area contributed by atoms with E-state index >= 15 is 0 Å². The second kappa shape index (κ2) is 5.27. The molecule has 1 aliphatic heterocycles. The number of amides is 2. The molecule has 0 aromatic heterocycles. The monoisotopic (exact) mass is 242 g/mol. The van der Waals surface area contributed by atoms with Crippen molar-refractivity contribution in [3.8, 4) is 0 Å². The van der Waals surface area contributed by atoms with Gasteiger partial charge in [0.05, 0.1) is 18.9 Å². The van der Waals surface area contributed by atoms with Gasteiger partial charge in [0.1, 0.15) is 0 Å². The molecule has 0 aromatic carbocycles. The first-order valence-corrected chi connectivity index (χ1v) is 5.62. The Morgan fingerprint density at radius 3 is 2.53 bits per heavy atom. The van der Waals surface area contributed by atoms with Crippen molar-refractivity contribution in [2.45, 2.75) is 38.8 Å². The summed E-state index contributed by atoms with van der Waals surface area (Å²) in [6.07, 6.45) is 0.114. The number of carboxylic acid groups (broad SMARTS) is 1. The van der Waals surface area contributed by atoms with Crippen LogP contribution >= 0.6 is 0 Å². The van der Waals surface area contributed by atoms with Gasteiger partial charge >= 0.3 is 5.97 Å². The Morgan fingerprint density at radius 1 is 1.53 bits per heavy atom. The molecular weight excluding hydrogens is 224 g/mol. The van der Waals surface area contributed by atoms with Gasteiger partial charge in [0.25, 0.3) is 0 Å². The molecule has 1 N–H and O–H groups in total. The van der Waals surface area contributed by atoms with Gasteiger partial charge in [-0.2, -0.15) is 0 Å². The lowest BCUT2D eigenvalue weighted by Crippen LogP contribution is -2.43. The van der Waals surface area contributed by atoms with Gasteiger partial charge in [-0.3, -0.25) is 24.2 Å². The van der Waals surface area contributed by atoms with Gasteiger partial charge in [0.15, 0.2) is 0 Å². The fraction of sp³-hybridized carbons (Fsp3) is 0.727. The number of likely N-dealkylation sites (N-methyl/N-ethyl adjacent to an activating group) is 1. The molecule has 0 aliphatic carbocycles. The van der Waals surface area contributed by atoms with Crippen LogP contribution in [0.25, 0.3) is 0 Å². The summed E-state index contributed by atoms with van der Waals surface area (Å²) in [7, 11) is 1.67. The summed E-state index contributed by atoms with van der Waals surface area (Å²) in [6.45, 7) is 3.84. The van der Waals surface area contributed by atoms with Crippen LogP contribution in [0.2, 0.25) is 0 Å². The highest BCUT2D eigenvalue weighted by molar-refractivity contribution is 6.05. The Balaban J connectivity index is 2.65. The van der Waals surface area contributed by atoms with Crippen molar-refractivity contribution >= 4 is 17.8 Å². The molecule has 96 valence electrons. The van der Waals surface area contributed by atoms with E-state index in [9.17, 15) is 14.4 Å². The summed E-state index contributed by atoms with van der Waals surface area (Å²) in [6, 6.07) is -0.655. The van der Waals surface area contributed by atoms with Gasteiger partial charge in [-0.25, -0.2) is 0 Å². The van der Waals surface area contributed by atoms with Gasteiger partial charge in [-0.1, -0.05) is 0 Å². The minimum atomic E-state index is -0.908. The van der Waals surface area contributed by atoms with Crippen LogP contribution in [0.3, 0.4) is 0 Å². The van der Waals surface area contributed by atoms with Crippen molar-refractivity contribution in [2.24, 2.45) is 0 Å². The lowest BCUT2D eigenvalue weighted by atomic mass is 10.2. The molecule has 1 fully saturated rings. The highest BCUT2D eigenvalue weighted by Crippen LogP contribution is 2.20. The molecule has 2 amide bonds. The maximum Gasteiger partial charge on any atom is 0.304 e. The Labute approximate surface area is 100 Å². The van der Waals surface area contributed by atoms with Crippen LogP contribution in [0, 0.1) is 0 Å². The molecule has 17 heavy (non-hydrogen) atoms. The van der Waals surface area contributed by atoms with E-state index in [0.29, 0.717) is 0 Å². The average Bonchev–Trinajstić information content (AvgIpc) is 2.50. The first-order chi connectivity index (χ1) is 7.84. The third-order valence-corrected chi connectivity index (χ3v) is 2.89. The number of likely N-dealkylation sites (tertiary alicyclic amines) is 1. The Kier molecular flexibility index (Phi) is 4.22. The number of rotatable bonds is 5. The molecule has 0 aromatic rings. The minimum absolute atomic E-state index is 0.0316. The zero-order valence-electron chi connectivity index (χ0n) is 10.3. The fourth-order valence-corrected chi connectivity index (χ4v) is 1.95. The maximum atomic E-state index is 12.0. The van der Waals surface area contributed by atoms with Crippen molar-refractivity contribution < 1.29 is 19.5 Å². The van der Waals surface area contributed by atoms with Gasteiger partial charge in [-0.05, 0) is 20.9 Å². The second-order valence-electron chi connectivity index (χ2n) is 4.54. The first kappa shape index (κ1) is 13.6. The number of hydrogen-bond acceptors (Lipinski definition) is 4. The molecule has 1 aliphatic rings. The number of nitrogens with zero attached hydrogens (tertiary/aromatic N) is 2. The molecular formula is C11H18N2O4. The molecule has 1 saturated heterocycles.